The molecule has 2 nitrogen and oxygen atoms in total. The summed E-state index contributed by atoms with van der Waals surface area (Å²) in [4.78, 5) is 2.59. The fraction of sp³-hybridized carbons (Fsp3) is 0.842. The minimum Gasteiger partial charge on any atom is -0.314 e. The summed E-state index contributed by atoms with van der Waals surface area (Å²) in [5.41, 5.74) is 2.95. The molecule has 0 radical (unpaired) electrons. The predicted octanol–water partition coefficient (Wildman–Crippen LogP) is 11.5. The number of unbranched alkanes of at least 4 members (excludes halogenated alkanes) is 13. The Labute approximate surface area is 252 Å². The monoisotopic (exact) mass is 557 g/mol. The maximum atomic E-state index is 3.94. The van der Waals surface area contributed by atoms with Crippen molar-refractivity contribution in [3.63, 3.8) is 0 Å². The van der Waals surface area contributed by atoms with Crippen LogP contribution in [0.15, 0.2) is 24.3 Å². The molecule has 0 aliphatic heterocycles. The molecule has 0 heterocycles. The third-order valence-electron chi connectivity index (χ3n) is 8.89. The van der Waals surface area contributed by atoms with Gasteiger partial charge in [-0.3, -0.25) is 0 Å². The van der Waals surface area contributed by atoms with Crippen molar-refractivity contribution in [2.45, 2.75) is 182 Å². The Bertz CT molecular complexity index is 627. The zero-order valence-corrected chi connectivity index (χ0v) is 28.1. The number of nitrogens with one attached hydrogen (secondary N) is 1. The molecule has 1 N–H and O–H groups in total. The highest BCUT2D eigenvalue weighted by molar-refractivity contribution is 5.22. The van der Waals surface area contributed by atoms with Crippen molar-refractivity contribution in [1.82, 2.24) is 10.2 Å². The molecule has 0 aromatic heterocycles. The lowest BCUT2D eigenvalue weighted by Crippen LogP contribution is -2.31. The van der Waals surface area contributed by atoms with Crippen molar-refractivity contribution >= 4 is 0 Å². The standard InChI is InChI=1S/C38H72N2/c1-6-10-14-17-18-22-26-38(25-19-13-9-4)39-32-31-35-27-29-37(30-28-35)34-40(5)33-36(23-20-15-11-7-2)24-21-16-12-8-3/h27-30,36,38-39H,6-26,31-34H2,1-5H3. The number of rotatable bonds is 29. The molecule has 0 spiro atoms. The van der Waals surface area contributed by atoms with E-state index >= 15 is 0 Å². The lowest BCUT2D eigenvalue weighted by molar-refractivity contribution is 0.244. The number of hydrogen-bond acceptors (Lipinski definition) is 2. The SMILES string of the molecule is CCCCCCCCC(CCCCC)NCCc1ccc(CN(C)CC(CCCCCC)CCCCCC)cc1. The van der Waals surface area contributed by atoms with E-state index in [1.54, 1.807) is 0 Å². The van der Waals surface area contributed by atoms with Gasteiger partial charge in [0.2, 0.25) is 0 Å². The zero-order chi connectivity index (χ0) is 29.1. The Balaban J connectivity index is 2.44. The Morgan fingerprint density at radius 1 is 0.550 bits per heavy atom. The smallest absolute Gasteiger partial charge is 0.0230 e. The molecule has 1 unspecified atom stereocenters. The van der Waals surface area contributed by atoms with Crippen molar-refractivity contribution in [3.05, 3.63) is 35.4 Å². The highest BCUT2D eigenvalue weighted by Gasteiger charge is 2.13. The van der Waals surface area contributed by atoms with Crippen LogP contribution in [0.1, 0.15) is 174 Å². The molecular weight excluding hydrogens is 484 g/mol. The quantitative estimate of drug-likeness (QED) is 0.0987. The second kappa shape index (κ2) is 27.0. The molecular formula is C38H72N2. The highest BCUT2D eigenvalue weighted by atomic mass is 15.1. The Kier molecular flexibility index (Phi) is 25.1. The maximum Gasteiger partial charge on any atom is 0.0230 e. The molecule has 0 amide bonds. The van der Waals surface area contributed by atoms with Gasteiger partial charge in [-0.25, -0.2) is 0 Å². The first-order valence-electron chi connectivity index (χ1n) is 18.1. The molecule has 2 heteroatoms. The summed E-state index contributed by atoms with van der Waals surface area (Å²) in [5, 5.41) is 3.94. The summed E-state index contributed by atoms with van der Waals surface area (Å²) in [5.74, 6) is 0.866. The molecule has 0 fully saturated rings. The minimum absolute atomic E-state index is 0.711. The van der Waals surface area contributed by atoms with E-state index in [0.717, 1.165) is 25.4 Å². The molecule has 0 aliphatic rings. The summed E-state index contributed by atoms with van der Waals surface area (Å²) >= 11 is 0. The van der Waals surface area contributed by atoms with Gasteiger partial charge in [-0.1, -0.05) is 161 Å². The first-order valence-corrected chi connectivity index (χ1v) is 18.1. The van der Waals surface area contributed by atoms with E-state index in [0.29, 0.717) is 6.04 Å². The molecule has 1 atom stereocenters. The molecule has 1 aromatic carbocycles. The number of benzene rings is 1. The largest absolute Gasteiger partial charge is 0.314 e. The van der Waals surface area contributed by atoms with Crippen LogP contribution in [0.3, 0.4) is 0 Å². The Morgan fingerprint density at radius 3 is 1.55 bits per heavy atom. The van der Waals surface area contributed by atoms with Crippen LogP contribution in [0.5, 0.6) is 0 Å². The fourth-order valence-electron chi connectivity index (χ4n) is 6.26. The van der Waals surface area contributed by atoms with Gasteiger partial charge in [0, 0.05) is 19.1 Å². The summed E-state index contributed by atoms with van der Waals surface area (Å²) in [7, 11) is 2.34. The molecule has 0 saturated carbocycles. The van der Waals surface area contributed by atoms with E-state index in [-0.39, 0.29) is 0 Å². The van der Waals surface area contributed by atoms with Crippen LogP contribution in [0.2, 0.25) is 0 Å². The van der Waals surface area contributed by atoms with Crippen LogP contribution >= 0.6 is 0 Å². The summed E-state index contributed by atoms with van der Waals surface area (Å²) in [6.07, 6.45) is 30.3. The lowest BCUT2D eigenvalue weighted by atomic mass is 9.94. The lowest BCUT2D eigenvalue weighted by Gasteiger charge is -2.24. The van der Waals surface area contributed by atoms with Gasteiger partial charge in [0.25, 0.3) is 0 Å². The second-order valence-electron chi connectivity index (χ2n) is 13.0. The van der Waals surface area contributed by atoms with E-state index in [2.05, 4.69) is 69.2 Å². The van der Waals surface area contributed by atoms with Gasteiger partial charge in [0.05, 0.1) is 0 Å². The number of hydrogen-bond donors (Lipinski definition) is 1. The molecule has 0 saturated heterocycles. The highest BCUT2D eigenvalue weighted by Crippen LogP contribution is 2.20. The van der Waals surface area contributed by atoms with Crippen molar-refractivity contribution in [3.8, 4) is 0 Å². The van der Waals surface area contributed by atoms with Crippen molar-refractivity contribution < 1.29 is 0 Å². The fourth-order valence-corrected chi connectivity index (χ4v) is 6.26. The first kappa shape index (κ1) is 37.2. The van der Waals surface area contributed by atoms with Gasteiger partial charge in [-0.05, 0) is 62.7 Å². The third kappa shape index (κ3) is 20.9. The zero-order valence-electron chi connectivity index (χ0n) is 28.1. The van der Waals surface area contributed by atoms with Crippen LogP contribution in [0.4, 0.5) is 0 Å². The van der Waals surface area contributed by atoms with Crippen LogP contribution in [-0.2, 0) is 13.0 Å². The van der Waals surface area contributed by atoms with Crippen LogP contribution in [-0.4, -0.2) is 31.1 Å². The maximum absolute atomic E-state index is 3.94. The van der Waals surface area contributed by atoms with Crippen LogP contribution in [0.25, 0.3) is 0 Å². The van der Waals surface area contributed by atoms with Crippen LogP contribution in [0, 0.1) is 5.92 Å². The van der Waals surface area contributed by atoms with Crippen molar-refractivity contribution in [2.75, 3.05) is 20.1 Å². The number of nitrogens with zero attached hydrogens (tertiary/aromatic N) is 1. The predicted molar refractivity (Wildman–Crippen MR) is 181 cm³/mol. The third-order valence-corrected chi connectivity index (χ3v) is 8.89. The van der Waals surface area contributed by atoms with Gasteiger partial charge < -0.3 is 10.2 Å². The average Bonchev–Trinajstić information content (AvgIpc) is 2.95. The molecule has 1 aromatic rings. The topological polar surface area (TPSA) is 15.3 Å². The van der Waals surface area contributed by atoms with Gasteiger partial charge in [0.1, 0.15) is 0 Å². The van der Waals surface area contributed by atoms with E-state index in [1.807, 2.05) is 0 Å². The van der Waals surface area contributed by atoms with Crippen molar-refractivity contribution in [1.29, 1.82) is 0 Å². The van der Waals surface area contributed by atoms with E-state index in [4.69, 9.17) is 0 Å². The molecule has 1 rings (SSSR count). The summed E-state index contributed by atoms with van der Waals surface area (Å²) < 4.78 is 0. The average molecular weight is 557 g/mol. The van der Waals surface area contributed by atoms with Gasteiger partial charge in [-0.2, -0.15) is 0 Å². The molecule has 0 bridgehead atoms. The molecule has 0 aliphatic carbocycles. The van der Waals surface area contributed by atoms with Gasteiger partial charge in [0.15, 0.2) is 0 Å². The van der Waals surface area contributed by atoms with Gasteiger partial charge >= 0.3 is 0 Å². The second-order valence-corrected chi connectivity index (χ2v) is 13.0. The Morgan fingerprint density at radius 2 is 0.975 bits per heavy atom. The van der Waals surface area contributed by atoms with E-state index in [1.165, 1.54) is 153 Å². The van der Waals surface area contributed by atoms with Crippen molar-refractivity contribution in [2.24, 2.45) is 5.92 Å². The van der Waals surface area contributed by atoms with E-state index < -0.39 is 0 Å². The molecule has 40 heavy (non-hydrogen) atoms. The molecule has 234 valence electrons. The van der Waals surface area contributed by atoms with Crippen LogP contribution < -0.4 is 5.32 Å². The van der Waals surface area contributed by atoms with E-state index in [9.17, 15) is 0 Å². The van der Waals surface area contributed by atoms with Gasteiger partial charge in [-0.15, -0.1) is 0 Å². The summed E-state index contributed by atoms with van der Waals surface area (Å²) in [6, 6.07) is 10.3. The minimum atomic E-state index is 0.711. The Hall–Kier alpha value is -0.860. The first-order chi connectivity index (χ1) is 19.6. The normalized spacial score (nSPS) is 12.6. The summed E-state index contributed by atoms with van der Waals surface area (Å²) in [6.45, 7) is 12.7.